The van der Waals surface area contributed by atoms with E-state index in [4.69, 9.17) is 23.7 Å². The van der Waals surface area contributed by atoms with Gasteiger partial charge >= 0.3 is 5.97 Å². The van der Waals surface area contributed by atoms with Crippen molar-refractivity contribution in [3.8, 4) is 0 Å². The summed E-state index contributed by atoms with van der Waals surface area (Å²) < 4.78 is 29.7. The zero-order valence-electron chi connectivity index (χ0n) is 41.3. The number of carbonyl (C=O) groups excluding carboxylic acids is 5. The van der Waals surface area contributed by atoms with E-state index >= 15 is 0 Å². The minimum atomic E-state index is -2.43. The fraction of sp³-hybridized carbons (Fsp3) is 0.750. The standard InChI is InChI=1S/C52H81NO13/c1-11-64-43-29-39-22-20-37(8)52(61,66-39)49(58)50(59)53-24-16-15-19-40(53)51(60)65-44(34(5)27-38-21-23-41(54)45(28-38)62-9)30-42(55)33(4)26-36(7)47(57)48(63-10)46(56)35(6)25-31(2)17-13-12-14-18-32(43)3/h12-14,17-18,26,31,33-35,37-41,43-45,47-48,54,57,61H,11,15-16,19-25,27-30H2,1-10H3/b14-12+,17-13+,32-18-,36-26+/t31-,33-,34?,35-,37-,38-,39+,40+,41-,43-,44+,45-,47-,48+,52-/m1/s1. The predicted molar refractivity (Wildman–Crippen MR) is 250 cm³/mol. The molecule has 3 fully saturated rings. The molecule has 0 aromatic rings. The minimum absolute atomic E-state index is 0.0188. The van der Waals surface area contributed by atoms with Crippen molar-refractivity contribution < 1.29 is 63.0 Å². The Morgan fingerprint density at radius 3 is 2.29 bits per heavy atom. The molecule has 1 amide bonds. The van der Waals surface area contributed by atoms with E-state index in [2.05, 4.69) is 0 Å². The van der Waals surface area contributed by atoms with Crippen LogP contribution in [0.4, 0.5) is 0 Å². The third-order valence-corrected chi connectivity index (χ3v) is 14.6. The van der Waals surface area contributed by atoms with Gasteiger partial charge < -0.3 is 43.9 Å². The summed E-state index contributed by atoms with van der Waals surface area (Å²) in [6, 6.07) is -1.14. The molecule has 3 N–H and O–H groups in total. The summed E-state index contributed by atoms with van der Waals surface area (Å²) in [6.07, 6.45) is 11.3. The normalized spacial score (nSPS) is 40.0. The van der Waals surface area contributed by atoms with Crippen molar-refractivity contribution in [1.29, 1.82) is 0 Å². The van der Waals surface area contributed by atoms with Crippen LogP contribution in [-0.4, -0.2) is 131 Å². The van der Waals surface area contributed by atoms with Crippen molar-refractivity contribution in [3.63, 3.8) is 0 Å². The smallest absolute Gasteiger partial charge is 0.329 e. The molecule has 15 atom stereocenters. The molecule has 14 nitrogen and oxygen atoms in total. The molecule has 0 aromatic heterocycles. The maximum atomic E-state index is 14.4. The monoisotopic (exact) mass is 928 g/mol. The Bertz CT molecular complexity index is 1770. The summed E-state index contributed by atoms with van der Waals surface area (Å²) in [6.45, 7) is 15.1. The van der Waals surface area contributed by atoms with Crippen molar-refractivity contribution >= 4 is 29.2 Å². The molecule has 14 heteroatoms. The van der Waals surface area contributed by atoms with E-state index in [1.165, 1.54) is 12.0 Å². The number of allylic oxidation sites excluding steroid dienone is 6. The number of aliphatic hydroxyl groups is 3. The third kappa shape index (κ3) is 14.6. The van der Waals surface area contributed by atoms with Gasteiger partial charge in [-0.05, 0) is 114 Å². The lowest BCUT2D eigenvalue weighted by Crippen LogP contribution is -2.61. The van der Waals surface area contributed by atoms with Crippen LogP contribution in [0.25, 0.3) is 0 Å². The molecule has 2 saturated heterocycles. The zero-order valence-corrected chi connectivity index (χ0v) is 41.3. The summed E-state index contributed by atoms with van der Waals surface area (Å²) in [5, 5.41) is 33.9. The molecule has 66 heavy (non-hydrogen) atoms. The Morgan fingerprint density at radius 1 is 0.879 bits per heavy atom. The Balaban J connectivity index is 1.71. The zero-order chi connectivity index (χ0) is 48.9. The van der Waals surface area contributed by atoms with E-state index in [-0.39, 0.29) is 54.8 Å². The molecule has 3 aliphatic heterocycles. The fourth-order valence-corrected chi connectivity index (χ4v) is 10.2. The topological polar surface area (TPSA) is 195 Å². The Hall–Kier alpha value is -3.37. The predicted octanol–water partition coefficient (Wildman–Crippen LogP) is 6.57. The number of rotatable bonds is 7. The van der Waals surface area contributed by atoms with Crippen LogP contribution < -0.4 is 0 Å². The SMILES string of the molecule is CCO[C@@H]1C[C@@H]2CC[C@@H](C)[C@@](O)(O2)C(=O)C(=O)N2CCCC[C@H]2C(=O)O[C@H](C(C)C[C@H]2CC[C@@H](O)[C@H](OC)C2)CC(=O)[C@H](C)/C=C(\C)[C@@H](O)[C@@H](OC)C(=O)[C@H](C)C[C@H](C)/C=C/C=C/C=C\1C. The van der Waals surface area contributed by atoms with E-state index in [1.54, 1.807) is 34.0 Å². The number of ether oxygens (including phenoxy) is 5. The Kier molecular flexibility index (Phi) is 21.6. The van der Waals surface area contributed by atoms with Gasteiger partial charge in [-0.25, -0.2) is 4.79 Å². The third-order valence-electron chi connectivity index (χ3n) is 14.6. The van der Waals surface area contributed by atoms with Crippen molar-refractivity contribution in [2.45, 2.75) is 187 Å². The van der Waals surface area contributed by atoms with Crippen LogP contribution in [0.15, 0.2) is 47.6 Å². The van der Waals surface area contributed by atoms with E-state index in [9.17, 15) is 39.3 Å². The number of methoxy groups -OCH3 is 2. The number of nitrogens with zero attached hydrogens (tertiary/aromatic N) is 1. The molecule has 0 spiro atoms. The summed E-state index contributed by atoms with van der Waals surface area (Å²) in [7, 11) is 2.95. The average molecular weight is 928 g/mol. The number of aliphatic hydroxyl groups excluding tert-OH is 2. The first-order chi connectivity index (χ1) is 31.2. The molecule has 372 valence electrons. The highest BCUT2D eigenvalue weighted by Crippen LogP contribution is 2.38. The number of esters is 1. The van der Waals surface area contributed by atoms with Crippen LogP contribution in [0.2, 0.25) is 0 Å². The van der Waals surface area contributed by atoms with Crippen molar-refractivity contribution in [3.05, 3.63) is 47.6 Å². The number of ketones is 3. The molecule has 1 aliphatic carbocycles. The van der Waals surface area contributed by atoms with Gasteiger partial charge in [0.05, 0.1) is 24.4 Å². The van der Waals surface area contributed by atoms with Crippen molar-refractivity contribution in [2.24, 2.45) is 35.5 Å². The largest absolute Gasteiger partial charge is 0.460 e. The molecular formula is C52H81NO13. The molecule has 0 aromatic carbocycles. The molecule has 1 unspecified atom stereocenters. The van der Waals surface area contributed by atoms with Gasteiger partial charge in [0.2, 0.25) is 5.79 Å². The van der Waals surface area contributed by atoms with E-state index in [1.807, 2.05) is 65.0 Å². The number of fused-ring (bicyclic) bond motifs is 3. The number of amides is 1. The number of cyclic esters (lactones) is 1. The van der Waals surface area contributed by atoms with Crippen LogP contribution in [0.5, 0.6) is 0 Å². The van der Waals surface area contributed by atoms with E-state index in [0.29, 0.717) is 70.0 Å². The van der Waals surface area contributed by atoms with Gasteiger partial charge in [0.25, 0.3) is 11.7 Å². The second-order valence-corrected chi connectivity index (χ2v) is 19.8. The number of hydrogen-bond donors (Lipinski definition) is 3. The van der Waals surface area contributed by atoms with E-state index < -0.39 is 83.9 Å². The van der Waals surface area contributed by atoms with Crippen molar-refractivity contribution in [2.75, 3.05) is 27.4 Å². The van der Waals surface area contributed by atoms with Gasteiger partial charge in [-0.3, -0.25) is 19.2 Å². The molecule has 2 bridgehead atoms. The van der Waals surface area contributed by atoms with Gasteiger partial charge in [-0.15, -0.1) is 0 Å². The second kappa shape index (κ2) is 25.8. The van der Waals surface area contributed by atoms with Gasteiger partial charge in [0, 0.05) is 58.0 Å². The van der Waals surface area contributed by atoms with Gasteiger partial charge in [0.15, 0.2) is 5.78 Å². The quantitative estimate of drug-likeness (QED) is 0.141. The number of piperidine rings is 1. The molecule has 4 aliphatic rings. The number of carbonyl (C=O) groups is 5. The van der Waals surface area contributed by atoms with Crippen LogP contribution in [0.1, 0.15) is 132 Å². The first-order valence-electron chi connectivity index (χ1n) is 24.5. The van der Waals surface area contributed by atoms with E-state index in [0.717, 1.165) is 12.0 Å². The molecule has 1 saturated carbocycles. The maximum Gasteiger partial charge on any atom is 0.329 e. The number of Topliss-reactive ketones (excluding diaryl/α,β-unsaturated/α-hetero) is 3. The molecule has 4 rings (SSSR count). The highest BCUT2D eigenvalue weighted by Gasteiger charge is 2.53. The van der Waals surface area contributed by atoms with Crippen LogP contribution in [0.3, 0.4) is 0 Å². The Morgan fingerprint density at radius 2 is 1.61 bits per heavy atom. The lowest BCUT2D eigenvalue weighted by Gasteiger charge is -2.43. The lowest BCUT2D eigenvalue weighted by molar-refractivity contribution is -0.266. The minimum Gasteiger partial charge on any atom is -0.460 e. The van der Waals surface area contributed by atoms with Gasteiger partial charge in [-0.1, -0.05) is 71.1 Å². The first-order valence-corrected chi connectivity index (χ1v) is 24.5. The van der Waals surface area contributed by atoms with Crippen LogP contribution in [-0.2, 0) is 47.7 Å². The molecule has 0 radical (unpaired) electrons. The lowest BCUT2D eigenvalue weighted by atomic mass is 9.78. The van der Waals surface area contributed by atoms with Crippen molar-refractivity contribution in [1.82, 2.24) is 4.90 Å². The van der Waals surface area contributed by atoms with Crippen LogP contribution in [0, 0.1) is 35.5 Å². The fourth-order valence-electron chi connectivity index (χ4n) is 10.2. The summed E-state index contributed by atoms with van der Waals surface area (Å²) >= 11 is 0. The average Bonchev–Trinajstić information content (AvgIpc) is 3.29. The summed E-state index contributed by atoms with van der Waals surface area (Å²) in [5.41, 5.74) is 1.29. The van der Waals surface area contributed by atoms with Gasteiger partial charge in [-0.2, -0.15) is 0 Å². The molecule has 3 heterocycles. The van der Waals surface area contributed by atoms with Crippen LogP contribution >= 0.6 is 0 Å². The highest BCUT2D eigenvalue weighted by atomic mass is 16.6. The second-order valence-electron chi connectivity index (χ2n) is 19.8. The van der Waals surface area contributed by atoms with Gasteiger partial charge in [0.1, 0.15) is 30.1 Å². The maximum absolute atomic E-state index is 14.4. The summed E-state index contributed by atoms with van der Waals surface area (Å²) in [4.78, 5) is 71.9. The number of hydrogen-bond acceptors (Lipinski definition) is 13. The Labute approximate surface area is 393 Å². The highest BCUT2D eigenvalue weighted by molar-refractivity contribution is 6.39. The summed E-state index contributed by atoms with van der Waals surface area (Å²) in [5.74, 6) is -7.95. The first kappa shape index (κ1) is 55.2. The molecular weight excluding hydrogens is 847 g/mol.